The van der Waals surface area contributed by atoms with E-state index in [1.54, 1.807) is 20.8 Å². The van der Waals surface area contributed by atoms with Crippen molar-refractivity contribution in [2.75, 3.05) is 13.2 Å². The van der Waals surface area contributed by atoms with Crippen molar-refractivity contribution in [1.82, 2.24) is 10.6 Å². The van der Waals surface area contributed by atoms with Gasteiger partial charge in [0.15, 0.2) is 0 Å². The smallest absolute Gasteiger partial charge is 0.408 e. The molecule has 0 aromatic carbocycles. The average Bonchev–Trinajstić information content (AvgIpc) is 2.95. The van der Waals surface area contributed by atoms with Crippen LogP contribution in [-0.4, -0.2) is 42.9 Å². The van der Waals surface area contributed by atoms with Gasteiger partial charge < -0.3 is 20.1 Å². The van der Waals surface area contributed by atoms with Crippen molar-refractivity contribution in [3.05, 3.63) is 0 Å². The Hall–Kier alpha value is -1.81. The van der Waals surface area contributed by atoms with Crippen molar-refractivity contribution < 1.29 is 19.1 Å². The molecule has 7 heteroatoms. The normalized spacial score (nSPS) is 18.8. The molecule has 0 radical (unpaired) electrons. The number of nitrogens with zero attached hydrogens (tertiary/aromatic N) is 1. The molecule has 1 saturated heterocycles. The first-order chi connectivity index (χ1) is 10.8. The van der Waals surface area contributed by atoms with E-state index in [1.807, 2.05) is 6.07 Å². The fourth-order valence-electron chi connectivity index (χ4n) is 2.25. The number of nitrogens with one attached hydrogen (secondary N) is 2. The molecule has 0 saturated carbocycles. The van der Waals surface area contributed by atoms with Gasteiger partial charge in [-0.1, -0.05) is 0 Å². The first kappa shape index (κ1) is 19.2. The molecule has 2 N–H and O–H groups in total. The van der Waals surface area contributed by atoms with E-state index in [4.69, 9.17) is 14.7 Å². The minimum Gasteiger partial charge on any atom is -0.444 e. The van der Waals surface area contributed by atoms with Gasteiger partial charge in [-0.25, -0.2) is 4.79 Å². The van der Waals surface area contributed by atoms with Crippen molar-refractivity contribution in [2.45, 2.75) is 70.6 Å². The number of hydrogen-bond donors (Lipinski definition) is 2. The predicted octanol–water partition coefficient (Wildman–Crippen LogP) is 1.87. The van der Waals surface area contributed by atoms with Gasteiger partial charge in [0.2, 0.25) is 5.91 Å². The Morgan fingerprint density at radius 2 is 2.17 bits per heavy atom. The van der Waals surface area contributed by atoms with E-state index in [9.17, 15) is 9.59 Å². The summed E-state index contributed by atoms with van der Waals surface area (Å²) in [5, 5.41) is 14.0. The van der Waals surface area contributed by atoms with E-state index in [0.29, 0.717) is 25.8 Å². The van der Waals surface area contributed by atoms with Crippen LogP contribution in [0.1, 0.15) is 52.9 Å². The molecule has 0 aliphatic carbocycles. The quantitative estimate of drug-likeness (QED) is 0.696. The van der Waals surface area contributed by atoms with Crippen LogP contribution in [0.2, 0.25) is 0 Å². The van der Waals surface area contributed by atoms with Gasteiger partial charge >= 0.3 is 6.09 Å². The number of hydrogen-bond acceptors (Lipinski definition) is 5. The molecule has 0 bridgehead atoms. The Balaban J connectivity index is 2.50. The highest BCUT2D eigenvalue weighted by molar-refractivity contribution is 5.85. The van der Waals surface area contributed by atoms with Crippen LogP contribution in [0.5, 0.6) is 0 Å². The number of rotatable bonds is 7. The molecule has 1 rings (SSSR count). The number of amides is 2. The second-order valence-electron chi connectivity index (χ2n) is 6.63. The van der Waals surface area contributed by atoms with Crippen LogP contribution in [-0.2, 0) is 14.3 Å². The maximum Gasteiger partial charge on any atom is 0.408 e. The summed E-state index contributed by atoms with van der Waals surface area (Å²) in [6, 6.07) is 1.33. The highest BCUT2D eigenvalue weighted by Gasteiger charge is 2.25. The van der Waals surface area contributed by atoms with E-state index in [0.717, 1.165) is 19.4 Å². The van der Waals surface area contributed by atoms with Crippen LogP contribution in [0.4, 0.5) is 4.79 Å². The lowest BCUT2D eigenvalue weighted by molar-refractivity contribution is -0.123. The van der Waals surface area contributed by atoms with E-state index >= 15 is 0 Å². The van der Waals surface area contributed by atoms with Gasteiger partial charge in [0, 0.05) is 19.6 Å². The van der Waals surface area contributed by atoms with Crippen LogP contribution in [0, 0.1) is 11.3 Å². The van der Waals surface area contributed by atoms with E-state index in [-0.39, 0.29) is 12.0 Å². The molecule has 2 amide bonds. The number of alkyl carbamates (subject to hydrolysis) is 1. The molecule has 0 aromatic heterocycles. The molecule has 1 heterocycles. The molecule has 2 atom stereocenters. The minimum absolute atomic E-state index is 0.0419. The van der Waals surface area contributed by atoms with Crippen molar-refractivity contribution in [1.29, 1.82) is 5.26 Å². The summed E-state index contributed by atoms with van der Waals surface area (Å²) in [7, 11) is 0. The summed E-state index contributed by atoms with van der Waals surface area (Å²) in [5.41, 5.74) is -0.630. The largest absolute Gasteiger partial charge is 0.444 e. The van der Waals surface area contributed by atoms with Gasteiger partial charge in [0.05, 0.1) is 12.2 Å². The highest BCUT2D eigenvalue weighted by atomic mass is 16.6. The lowest BCUT2D eigenvalue weighted by Gasteiger charge is -2.23. The van der Waals surface area contributed by atoms with Gasteiger partial charge in [-0.15, -0.1) is 0 Å². The molecule has 1 fully saturated rings. The van der Waals surface area contributed by atoms with Gasteiger partial charge in [0.25, 0.3) is 0 Å². The van der Waals surface area contributed by atoms with Crippen LogP contribution in [0.3, 0.4) is 0 Å². The van der Waals surface area contributed by atoms with Gasteiger partial charge in [-0.3, -0.25) is 4.79 Å². The zero-order valence-corrected chi connectivity index (χ0v) is 14.2. The third-order valence-corrected chi connectivity index (χ3v) is 3.32. The number of ether oxygens (including phenoxy) is 2. The third kappa shape index (κ3) is 8.41. The number of carbonyl (C=O) groups is 2. The van der Waals surface area contributed by atoms with Gasteiger partial charge in [-0.05, 0) is 46.5 Å². The molecule has 0 aromatic rings. The Morgan fingerprint density at radius 3 is 2.74 bits per heavy atom. The molecule has 23 heavy (non-hydrogen) atoms. The predicted molar refractivity (Wildman–Crippen MR) is 84.6 cm³/mol. The molecule has 130 valence electrons. The lowest BCUT2D eigenvalue weighted by Crippen LogP contribution is -2.49. The number of unbranched alkanes of at least 4 members (excludes halogenated alkanes) is 1. The fourth-order valence-corrected chi connectivity index (χ4v) is 2.25. The van der Waals surface area contributed by atoms with Crippen LogP contribution in [0.25, 0.3) is 0 Å². The zero-order chi connectivity index (χ0) is 17.3. The summed E-state index contributed by atoms with van der Waals surface area (Å²) in [4.78, 5) is 24.1. The standard InChI is InChI=1S/C16H27N3O4/c1-16(2,3)23-15(21)19-13(8-4-5-9-17)14(20)18-11-12-7-6-10-22-12/h12-13H,4-8,10-11H2,1-3H3,(H,18,20)(H,19,21)/t12-,13+/m1/s1. The summed E-state index contributed by atoms with van der Waals surface area (Å²) >= 11 is 0. The van der Waals surface area contributed by atoms with Crippen LogP contribution < -0.4 is 10.6 Å². The average molecular weight is 325 g/mol. The lowest BCUT2D eigenvalue weighted by atomic mass is 10.1. The number of nitriles is 1. The first-order valence-electron chi connectivity index (χ1n) is 8.07. The van der Waals surface area contributed by atoms with Crippen molar-refractivity contribution in [3.8, 4) is 6.07 Å². The van der Waals surface area contributed by atoms with Crippen LogP contribution >= 0.6 is 0 Å². The second-order valence-corrected chi connectivity index (χ2v) is 6.63. The van der Waals surface area contributed by atoms with E-state index in [1.165, 1.54) is 0 Å². The maximum atomic E-state index is 12.3. The highest BCUT2D eigenvalue weighted by Crippen LogP contribution is 2.11. The summed E-state index contributed by atoms with van der Waals surface area (Å²) in [6.07, 6.45) is 2.60. The maximum absolute atomic E-state index is 12.3. The Labute approximate surface area is 137 Å². The summed E-state index contributed by atoms with van der Waals surface area (Å²) in [6.45, 7) is 6.43. The third-order valence-electron chi connectivity index (χ3n) is 3.32. The minimum atomic E-state index is -0.709. The van der Waals surface area contributed by atoms with Crippen molar-refractivity contribution in [3.63, 3.8) is 0 Å². The molecule has 1 aliphatic heterocycles. The number of carbonyl (C=O) groups excluding carboxylic acids is 2. The SMILES string of the molecule is CC(C)(C)OC(=O)N[C@@H](CCCC#N)C(=O)NC[C@H]1CCCO1. The molecule has 0 unspecified atom stereocenters. The molecule has 1 aliphatic rings. The Kier molecular flexibility index (Phi) is 7.83. The van der Waals surface area contributed by atoms with Crippen LogP contribution in [0.15, 0.2) is 0 Å². The Morgan fingerprint density at radius 1 is 1.43 bits per heavy atom. The molecule has 7 nitrogen and oxygen atoms in total. The molecular weight excluding hydrogens is 298 g/mol. The first-order valence-corrected chi connectivity index (χ1v) is 8.07. The topological polar surface area (TPSA) is 100 Å². The summed E-state index contributed by atoms with van der Waals surface area (Å²) in [5.74, 6) is -0.274. The fraction of sp³-hybridized carbons (Fsp3) is 0.812. The second kappa shape index (κ2) is 9.36. The van der Waals surface area contributed by atoms with Gasteiger partial charge in [0.1, 0.15) is 11.6 Å². The van der Waals surface area contributed by atoms with E-state index in [2.05, 4.69) is 10.6 Å². The monoisotopic (exact) mass is 325 g/mol. The summed E-state index contributed by atoms with van der Waals surface area (Å²) < 4.78 is 10.6. The van der Waals surface area contributed by atoms with E-state index < -0.39 is 17.7 Å². The Bertz CT molecular complexity index is 434. The molecule has 0 spiro atoms. The van der Waals surface area contributed by atoms with Crippen molar-refractivity contribution >= 4 is 12.0 Å². The zero-order valence-electron chi connectivity index (χ0n) is 14.2. The van der Waals surface area contributed by atoms with Crippen molar-refractivity contribution in [2.24, 2.45) is 0 Å². The van der Waals surface area contributed by atoms with Gasteiger partial charge in [-0.2, -0.15) is 5.26 Å². The molecular formula is C16H27N3O4.